The summed E-state index contributed by atoms with van der Waals surface area (Å²) in [5, 5.41) is 1.29. The highest BCUT2D eigenvalue weighted by atomic mass is 14.7. The SMILES string of the molecule is CCc1cccc(-c2cccc3[nH]ccc23)c1. The van der Waals surface area contributed by atoms with Crippen LogP contribution in [-0.2, 0) is 6.42 Å². The van der Waals surface area contributed by atoms with Gasteiger partial charge in [-0.2, -0.15) is 0 Å². The predicted octanol–water partition coefficient (Wildman–Crippen LogP) is 4.40. The van der Waals surface area contributed by atoms with E-state index in [-0.39, 0.29) is 0 Å². The van der Waals surface area contributed by atoms with Crippen LogP contribution in [0.1, 0.15) is 12.5 Å². The largest absolute Gasteiger partial charge is 0.361 e. The number of nitrogens with one attached hydrogen (secondary N) is 1. The number of hydrogen-bond donors (Lipinski definition) is 1. The van der Waals surface area contributed by atoms with E-state index >= 15 is 0 Å². The van der Waals surface area contributed by atoms with Crippen molar-refractivity contribution < 1.29 is 0 Å². The third-order valence-electron chi connectivity index (χ3n) is 3.24. The molecule has 84 valence electrons. The first-order chi connectivity index (χ1) is 8.38. The third-order valence-corrected chi connectivity index (χ3v) is 3.24. The van der Waals surface area contributed by atoms with Crippen LogP contribution in [0.15, 0.2) is 54.7 Å². The molecule has 0 aliphatic rings. The number of aryl methyl sites for hydroxylation is 1. The molecular formula is C16H15N. The van der Waals surface area contributed by atoms with Crippen molar-refractivity contribution in [1.82, 2.24) is 4.98 Å². The molecule has 0 amide bonds. The maximum atomic E-state index is 3.26. The molecule has 0 atom stereocenters. The third kappa shape index (κ3) is 1.74. The van der Waals surface area contributed by atoms with Gasteiger partial charge in [-0.1, -0.05) is 43.3 Å². The fourth-order valence-corrected chi connectivity index (χ4v) is 2.30. The topological polar surface area (TPSA) is 15.8 Å². The lowest BCUT2D eigenvalue weighted by Crippen LogP contribution is -1.83. The lowest BCUT2D eigenvalue weighted by molar-refractivity contribution is 1.14. The van der Waals surface area contributed by atoms with E-state index < -0.39 is 0 Å². The number of H-pyrrole nitrogens is 1. The van der Waals surface area contributed by atoms with Gasteiger partial charge in [-0.3, -0.25) is 0 Å². The van der Waals surface area contributed by atoms with Gasteiger partial charge in [0.25, 0.3) is 0 Å². The van der Waals surface area contributed by atoms with Crippen LogP contribution in [-0.4, -0.2) is 4.98 Å². The minimum Gasteiger partial charge on any atom is -0.361 e. The molecular weight excluding hydrogens is 206 g/mol. The molecule has 0 saturated heterocycles. The first-order valence-corrected chi connectivity index (χ1v) is 6.04. The molecule has 0 aliphatic carbocycles. The Hall–Kier alpha value is -2.02. The number of aromatic nitrogens is 1. The Morgan fingerprint density at radius 3 is 2.76 bits per heavy atom. The van der Waals surface area contributed by atoms with Gasteiger partial charge in [-0.05, 0) is 35.2 Å². The van der Waals surface area contributed by atoms with Gasteiger partial charge in [0, 0.05) is 17.1 Å². The Bertz CT molecular complexity index is 649. The van der Waals surface area contributed by atoms with Crippen molar-refractivity contribution in [2.75, 3.05) is 0 Å². The van der Waals surface area contributed by atoms with Gasteiger partial charge in [0.1, 0.15) is 0 Å². The van der Waals surface area contributed by atoms with Gasteiger partial charge in [-0.15, -0.1) is 0 Å². The first kappa shape index (κ1) is 10.2. The molecule has 0 bridgehead atoms. The van der Waals surface area contributed by atoms with Crippen LogP contribution in [0, 0.1) is 0 Å². The summed E-state index contributed by atoms with van der Waals surface area (Å²) in [4.78, 5) is 3.26. The number of rotatable bonds is 2. The number of aromatic amines is 1. The molecule has 0 fully saturated rings. The Morgan fingerprint density at radius 1 is 1.00 bits per heavy atom. The van der Waals surface area contributed by atoms with Crippen LogP contribution in [0.5, 0.6) is 0 Å². The quantitative estimate of drug-likeness (QED) is 0.660. The average Bonchev–Trinajstić information content (AvgIpc) is 2.87. The van der Waals surface area contributed by atoms with Gasteiger partial charge in [0.05, 0.1) is 0 Å². The van der Waals surface area contributed by atoms with Crippen LogP contribution in [0.25, 0.3) is 22.0 Å². The molecule has 1 nitrogen and oxygen atoms in total. The van der Waals surface area contributed by atoms with E-state index in [0.29, 0.717) is 0 Å². The molecule has 3 rings (SSSR count). The van der Waals surface area contributed by atoms with Gasteiger partial charge in [-0.25, -0.2) is 0 Å². The summed E-state index contributed by atoms with van der Waals surface area (Å²) in [5.41, 5.74) is 5.19. The molecule has 1 aromatic heterocycles. The van der Waals surface area contributed by atoms with Gasteiger partial charge in [0.15, 0.2) is 0 Å². The molecule has 0 unspecified atom stereocenters. The summed E-state index contributed by atoms with van der Waals surface area (Å²) in [6.07, 6.45) is 3.08. The second kappa shape index (κ2) is 4.10. The van der Waals surface area contributed by atoms with Crippen LogP contribution < -0.4 is 0 Å². The summed E-state index contributed by atoms with van der Waals surface area (Å²) >= 11 is 0. The normalized spacial score (nSPS) is 10.9. The van der Waals surface area contributed by atoms with Crippen molar-refractivity contribution in [3.05, 3.63) is 60.3 Å². The minimum atomic E-state index is 1.08. The van der Waals surface area contributed by atoms with Gasteiger partial charge in [0.2, 0.25) is 0 Å². The summed E-state index contributed by atoms with van der Waals surface area (Å²) in [5.74, 6) is 0. The van der Waals surface area contributed by atoms with E-state index in [1.807, 2.05) is 6.20 Å². The van der Waals surface area contributed by atoms with Crippen molar-refractivity contribution in [2.45, 2.75) is 13.3 Å². The molecule has 17 heavy (non-hydrogen) atoms. The van der Waals surface area contributed by atoms with E-state index in [0.717, 1.165) is 6.42 Å². The fourth-order valence-electron chi connectivity index (χ4n) is 2.30. The van der Waals surface area contributed by atoms with Crippen molar-refractivity contribution in [3.63, 3.8) is 0 Å². The van der Waals surface area contributed by atoms with E-state index in [4.69, 9.17) is 0 Å². The molecule has 1 heteroatoms. The zero-order valence-electron chi connectivity index (χ0n) is 9.90. The molecule has 0 aliphatic heterocycles. The highest BCUT2D eigenvalue weighted by Crippen LogP contribution is 2.28. The lowest BCUT2D eigenvalue weighted by Gasteiger charge is -2.05. The van der Waals surface area contributed by atoms with Crippen LogP contribution in [0.4, 0.5) is 0 Å². The highest BCUT2D eigenvalue weighted by molar-refractivity contribution is 5.95. The standard InChI is InChI=1S/C16H15N/c1-2-12-5-3-6-13(11-12)14-7-4-8-16-15(14)9-10-17-16/h3-11,17H,2H2,1H3. The van der Waals surface area contributed by atoms with Crippen LogP contribution in [0.2, 0.25) is 0 Å². The van der Waals surface area contributed by atoms with E-state index in [2.05, 4.69) is 60.4 Å². The Labute approximate surface area is 101 Å². The predicted molar refractivity (Wildman–Crippen MR) is 73.1 cm³/mol. The zero-order valence-corrected chi connectivity index (χ0v) is 9.90. The van der Waals surface area contributed by atoms with Gasteiger partial charge < -0.3 is 4.98 Å². The minimum absolute atomic E-state index is 1.08. The second-order valence-electron chi connectivity index (χ2n) is 4.30. The monoisotopic (exact) mass is 221 g/mol. The summed E-state index contributed by atoms with van der Waals surface area (Å²) < 4.78 is 0. The number of fused-ring (bicyclic) bond motifs is 1. The van der Waals surface area contributed by atoms with E-state index in [9.17, 15) is 0 Å². The van der Waals surface area contributed by atoms with Crippen molar-refractivity contribution in [1.29, 1.82) is 0 Å². The molecule has 3 aromatic rings. The van der Waals surface area contributed by atoms with E-state index in [1.165, 1.54) is 27.6 Å². The molecule has 1 heterocycles. The lowest BCUT2D eigenvalue weighted by atomic mass is 9.99. The summed E-state index contributed by atoms with van der Waals surface area (Å²) in [7, 11) is 0. The molecule has 2 aromatic carbocycles. The highest BCUT2D eigenvalue weighted by Gasteiger charge is 2.04. The molecule has 0 saturated carbocycles. The van der Waals surface area contributed by atoms with Crippen molar-refractivity contribution >= 4 is 10.9 Å². The average molecular weight is 221 g/mol. The van der Waals surface area contributed by atoms with Gasteiger partial charge >= 0.3 is 0 Å². The fraction of sp³-hybridized carbons (Fsp3) is 0.125. The summed E-state index contributed by atoms with van der Waals surface area (Å²) in [6, 6.07) is 17.3. The van der Waals surface area contributed by atoms with Crippen molar-refractivity contribution in [3.8, 4) is 11.1 Å². The number of benzene rings is 2. The zero-order chi connectivity index (χ0) is 11.7. The summed E-state index contributed by atoms with van der Waals surface area (Å²) in [6.45, 7) is 2.19. The van der Waals surface area contributed by atoms with E-state index in [1.54, 1.807) is 0 Å². The molecule has 0 radical (unpaired) electrons. The first-order valence-electron chi connectivity index (χ1n) is 6.04. The Morgan fingerprint density at radius 2 is 1.88 bits per heavy atom. The van der Waals surface area contributed by atoms with Crippen LogP contribution >= 0.6 is 0 Å². The molecule has 0 spiro atoms. The van der Waals surface area contributed by atoms with Crippen molar-refractivity contribution in [2.24, 2.45) is 0 Å². The van der Waals surface area contributed by atoms with Crippen LogP contribution in [0.3, 0.4) is 0 Å². The molecule has 1 N–H and O–H groups in total. The maximum absolute atomic E-state index is 3.26. The number of hydrogen-bond acceptors (Lipinski definition) is 0. The Balaban J connectivity index is 2.23. The smallest absolute Gasteiger partial charge is 0.0460 e. The second-order valence-corrected chi connectivity index (χ2v) is 4.30. The maximum Gasteiger partial charge on any atom is 0.0460 e. The Kier molecular flexibility index (Phi) is 2.45.